The molecule has 0 saturated carbocycles. The first-order chi connectivity index (χ1) is 11.7. The van der Waals surface area contributed by atoms with Crippen LogP contribution in [0.1, 0.15) is 27.2 Å². The molecule has 0 aliphatic carbocycles. The van der Waals surface area contributed by atoms with Gasteiger partial charge in [0.25, 0.3) is 0 Å². The van der Waals surface area contributed by atoms with Gasteiger partial charge in [-0.1, -0.05) is 23.7 Å². The number of anilines is 1. The summed E-state index contributed by atoms with van der Waals surface area (Å²) in [5, 5.41) is 9.45. The normalized spacial score (nSPS) is 11.4. The Hall–Kier alpha value is -1.63. The van der Waals surface area contributed by atoms with Crippen LogP contribution in [0.3, 0.4) is 0 Å². The number of para-hydroxylation sites is 1. The summed E-state index contributed by atoms with van der Waals surface area (Å²) in [5.41, 5.74) is 0.651. The number of amides is 2. The predicted octanol–water partition coefficient (Wildman–Crippen LogP) is 2.10. The van der Waals surface area contributed by atoms with Crippen molar-refractivity contribution in [3.8, 4) is 0 Å². The van der Waals surface area contributed by atoms with Gasteiger partial charge in [-0.2, -0.15) is 0 Å². The molecule has 0 spiro atoms. The van der Waals surface area contributed by atoms with Crippen LogP contribution in [0.2, 0.25) is 5.02 Å². The molecule has 1 aromatic rings. The largest absolute Gasteiger partial charge is 0.355 e. The van der Waals surface area contributed by atoms with E-state index in [1.165, 1.54) is 0 Å². The average Bonchev–Trinajstić information content (AvgIpc) is 2.47. The van der Waals surface area contributed by atoms with Crippen molar-refractivity contribution in [2.24, 2.45) is 0 Å². The molecule has 0 heterocycles. The van der Waals surface area contributed by atoms with E-state index in [1.807, 2.05) is 0 Å². The molecule has 1 aromatic carbocycles. The molecular weight excluding hydrogens is 340 g/mol. The molecule has 0 atom stereocenters. The molecule has 6 nitrogen and oxygen atoms in total. The molecule has 1 rings (SSSR count). The Kier molecular flexibility index (Phi) is 8.89. The lowest BCUT2D eigenvalue weighted by atomic mass is 10.1. The SMILES string of the molecule is CN(CC(=O)NCCCNC(C)(C)C)CC(=O)Nc1ccccc1Cl. The second-order valence-corrected chi connectivity index (χ2v) is 7.49. The number of likely N-dealkylation sites (N-methyl/N-ethyl adjacent to an activating group) is 1. The maximum atomic E-state index is 12.0. The lowest BCUT2D eigenvalue weighted by molar-refractivity contribution is -0.122. The Bertz CT molecular complexity index is 572. The molecule has 7 heteroatoms. The Balaban J connectivity index is 2.22. The van der Waals surface area contributed by atoms with Crippen molar-refractivity contribution in [3.63, 3.8) is 0 Å². The van der Waals surface area contributed by atoms with Gasteiger partial charge in [-0.05, 0) is 52.9 Å². The van der Waals surface area contributed by atoms with Gasteiger partial charge in [0.15, 0.2) is 0 Å². The van der Waals surface area contributed by atoms with Crippen LogP contribution in [0, 0.1) is 0 Å². The summed E-state index contributed by atoms with van der Waals surface area (Å²) in [6.45, 7) is 8.06. The molecule has 0 aliphatic heterocycles. The third kappa shape index (κ3) is 10.1. The van der Waals surface area contributed by atoms with Crippen LogP contribution in [-0.2, 0) is 9.59 Å². The van der Waals surface area contributed by atoms with Crippen LogP contribution in [-0.4, -0.2) is 55.5 Å². The standard InChI is InChI=1S/C18H29ClN4O2/c1-18(2,3)21-11-7-10-20-16(24)12-23(4)13-17(25)22-15-9-6-5-8-14(15)19/h5-6,8-9,21H,7,10-13H2,1-4H3,(H,20,24)(H,22,25). The van der Waals surface area contributed by atoms with E-state index in [0.717, 1.165) is 13.0 Å². The van der Waals surface area contributed by atoms with Crippen LogP contribution in [0.5, 0.6) is 0 Å². The Morgan fingerprint density at radius 1 is 1.08 bits per heavy atom. The molecule has 25 heavy (non-hydrogen) atoms. The minimum atomic E-state index is -0.210. The highest BCUT2D eigenvalue weighted by Crippen LogP contribution is 2.20. The number of nitrogens with zero attached hydrogens (tertiary/aromatic N) is 1. The summed E-state index contributed by atoms with van der Waals surface area (Å²) in [6, 6.07) is 7.04. The highest BCUT2D eigenvalue weighted by atomic mass is 35.5. The Labute approximate surface area is 155 Å². The van der Waals surface area contributed by atoms with Gasteiger partial charge >= 0.3 is 0 Å². The van der Waals surface area contributed by atoms with Crippen LogP contribution in [0.4, 0.5) is 5.69 Å². The molecule has 0 fully saturated rings. The summed E-state index contributed by atoms with van der Waals surface area (Å²) in [4.78, 5) is 25.5. The molecule has 0 saturated heterocycles. The minimum Gasteiger partial charge on any atom is -0.355 e. The van der Waals surface area contributed by atoms with E-state index >= 15 is 0 Å². The second kappa shape index (κ2) is 10.4. The number of hydrogen-bond donors (Lipinski definition) is 3. The smallest absolute Gasteiger partial charge is 0.238 e. The molecular formula is C18H29ClN4O2. The van der Waals surface area contributed by atoms with Crippen molar-refractivity contribution in [1.82, 2.24) is 15.5 Å². The van der Waals surface area contributed by atoms with Crippen LogP contribution >= 0.6 is 11.6 Å². The van der Waals surface area contributed by atoms with Crippen LogP contribution in [0.25, 0.3) is 0 Å². The first-order valence-corrected chi connectivity index (χ1v) is 8.80. The lowest BCUT2D eigenvalue weighted by Gasteiger charge is -2.20. The van der Waals surface area contributed by atoms with E-state index in [-0.39, 0.29) is 30.4 Å². The molecule has 140 valence electrons. The van der Waals surface area contributed by atoms with E-state index in [1.54, 1.807) is 36.2 Å². The molecule has 0 bridgehead atoms. The van der Waals surface area contributed by atoms with Gasteiger partial charge in [0.2, 0.25) is 11.8 Å². The number of rotatable bonds is 9. The highest BCUT2D eigenvalue weighted by molar-refractivity contribution is 6.33. The van der Waals surface area contributed by atoms with E-state index < -0.39 is 0 Å². The Morgan fingerprint density at radius 3 is 2.36 bits per heavy atom. The van der Waals surface area contributed by atoms with E-state index in [9.17, 15) is 9.59 Å². The van der Waals surface area contributed by atoms with Crippen molar-refractivity contribution in [2.75, 3.05) is 38.5 Å². The van der Waals surface area contributed by atoms with Gasteiger partial charge < -0.3 is 16.0 Å². The van der Waals surface area contributed by atoms with Gasteiger partial charge in [0.1, 0.15) is 0 Å². The van der Waals surface area contributed by atoms with Crippen molar-refractivity contribution >= 4 is 29.1 Å². The number of carbonyl (C=O) groups is 2. The zero-order valence-electron chi connectivity index (χ0n) is 15.5. The second-order valence-electron chi connectivity index (χ2n) is 7.08. The van der Waals surface area contributed by atoms with Crippen molar-refractivity contribution in [2.45, 2.75) is 32.7 Å². The van der Waals surface area contributed by atoms with Crippen molar-refractivity contribution in [3.05, 3.63) is 29.3 Å². The van der Waals surface area contributed by atoms with Gasteiger partial charge in [0, 0.05) is 12.1 Å². The molecule has 0 aliphatic rings. The predicted molar refractivity (Wildman–Crippen MR) is 103 cm³/mol. The molecule has 2 amide bonds. The molecule has 0 unspecified atom stereocenters. The number of nitrogens with one attached hydrogen (secondary N) is 3. The first-order valence-electron chi connectivity index (χ1n) is 8.42. The lowest BCUT2D eigenvalue weighted by Crippen LogP contribution is -2.40. The molecule has 0 radical (unpaired) electrons. The maximum absolute atomic E-state index is 12.0. The fraction of sp³-hybridized carbons (Fsp3) is 0.556. The molecule has 3 N–H and O–H groups in total. The topological polar surface area (TPSA) is 73.5 Å². The summed E-state index contributed by atoms with van der Waals surface area (Å²) < 4.78 is 0. The quantitative estimate of drug-likeness (QED) is 0.584. The summed E-state index contributed by atoms with van der Waals surface area (Å²) >= 11 is 6.00. The Morgan fingerprint density at radius 2 is 1.72 bits per heavy atom. The van der Waals surface area contributed by atoms with Crippen molar-refractivity contribution < 1.29 is 9.59 Å². The zero-order chi connectivity index (χ0) is 18.9. The summed E-state index contributed by atoms with van der Waals surface area (Å²) in [5.74, 6) is -0.304. The zero-order valence-corrected chi connectivity index (χ0v) is 16.2. The van der Waals surface area contributed by atoms with Crippen LogP contribution in [0.15, 0.2) is 24.3 Å². The van der Waals surface area contributed by atoms with E-state index in [4.69, 9.17) is 11.6 Å². The summed E-state index contributed by atoms with van der Waals surface area (Å²) in [7, 11) is 1.73. The fourth-order valence-corrected chi connectivity index (χ4v) is 2.32. The maximum Gasteiger partial charge on any atom is 0.238 e. The number of halogens is 1. The van der Waals surface area contributed by atoms with Crippen molar-refractivity contribution in [1.29, 1.82) is 0 Å². The number of carbonyl (C=O) groups excluding carboxylic acids is 2. The average molecular weight is 369 g/mol. The highest BCUT2D eigenvalue weighted by Gasteiger charge is 2.12. The molecule has 0 aromatic heterocycles. The van der Waals surface area contributed by atoms with Crippen LogP contribution < -0.4 is 16.0 Å². The number of hydrogen-bond acceptors (Lipinski definition) is 4. The van der Waals surface area contributed by atoms with Gasteiger partial charge in [-0.15, -0.1) is 0 Å². The van der Waals surface area contributed by atoms with Gasteiger partial charge in [0.05, 0.1) is 23.8 Å². The van der Waals surface area contributed by atoms with Gasteiger partial charge in [-0.3, -0.25) is 14.5 Å². The fourth-order valence-electron chi connectivity index (χ4n) is 2.13. The minimum absolute atomic E-state index is 0.0826. The monoisotopic (exact) mass is 368 g/mol. The third-order valence-electron chi connectivity index (χ3n) is 3.31. The summed E-state index contributed by atoms with van der Waals surface area (Å²) in [6.07, 6.45) is 0.861. The first kappa shape index (κ1) is 21.4. The number of benzene rings is 1. The van der Waals surface area contributed by atoms with E-state index in [2.05, 4.69) is 36.7 Å². The van der Waals surface area contributed by atoms with Gasteiger partial charge in [-0.25, -0.2) is 0 Å². The third-order valence-corrected chi connectivity index (χ3v) is 3.64. The van der Waals surface area contributed by atoms with E-state index in [0.29, 0.717) is 17.3 Å².